The van der Waals surface area contributed by atoms with Crippen molar-refractivity contribution in [3.05, 3.63) is 54.6 Å². The lowest BCUT2D eigenvalue weighted by atomic mass is 10.3. The van der Waals surface area contributed by atoms with Crippen LogP contribution in [0.4, 0.5) is 11.4 Å². The molecule has 0 spiro atoms. The SMILES string of the molecule is CCOc1ccc(NC(=O)C(=O)NCC(=O)Nc2ccccc2)cc1. The van der Waals surface area contributed by atoms with E-state index in [-0.39, 0.29) is 6.54 Å². The monoisotopic (exact) mass is 341 g/mol. The molecule has 0 atom stereocenters. The molecule has 0 aliphatic carbocycles. The smallest absolute Gasteiger partial charge is 0.313 e. The minimum absolute atomic E-state index is 0.301. The van der Waals surface area contributed by atoms with Gasteiger partial charge in [-0.2, -0.15) is 0 Å². The van der Waals surface area contributed by atoms with E-state index in [1.807, 2.05) is 13.0 Å². The first-order chi connectivity index (χ1) is 12.1. The molecule has 3 N–H and O–H groups in total. The van der Waals surface area contributed by atoms with E-state index < -0.39 is 17.7 Å². The quantitative estimate of drug-likeness (QED) is 0.698. The number of hydrogen-bond acceptors (Lipinski definition) is 4. The van der Waals surface area contributed by atoms with E-state index in [9.17, 15) is 14.4 Å². The molecule has 2 rings (SSSR count). The van der Waals surface area contributed by atoms with Gasteiger partial charge >= 0.3 is 11.8 Å². The molecular formula is C18H19N3O4. The molecule has 0 aromatic heterocycles. The molecule has 0 unspecified atom stereocenters. The summed E-state index contributed by atoms with van der Waals surface area (Å²) in [5.74, 6) is -1.50. The molecule has 3 amide bonds. The van der Waals surface area contributed by atoms with Gasteiger partial charge in [0, 0.05) is 11.4 Å². The minimum Gasteiger partial charge on any atom is -0.494 e. The van der Waals surface area contributed by atoms with Crippen LogP contribution in [-0.2, 0) is 14.4 Å². The molecule has 2 aromatic carbocycles. The summed E-state index contributed by atoms with van der Waals surface area (Å²) in [6, 6.07) is 15.4. The Morgan fingerprint density at radius 1 is 0.840 bits per heavy atom. The van der Waals surface area contributed by atoms with Gasteiger partial charge in [0.1, 0.15) is 5.75 Å². The Hall–Kier alpha value is -3.35. The summed E-state index contributed by atoms with van der Waals surface area (Å²) in [5.41, 5.74) is 1.07. The zero-order valence-electron chi connectivity index (χ0n) is 13.7. The van der Waals surface area contributed by atoms with Gasteiger partial charge in [-0.15, -0.1) is 0 Å². The first-order valence-electron chi connectivity index (χ1n) is 7.75. The Labute approximate surface area is 145 Å². The second kappa shape index (κ2) is 9.07. The average Bonchev–Trinajstić information content (AvgIpc) is 2.62. The maximum atomic E-state index is 11.8. The third-order valence-corrected chi connectivity index (χ3v) is 3.10. The lowest BCUT2D eigenvalue weighted by Crippen LogP contribution is -2.39. The predicted octanol–water partition coefficient (Wildman–Crippen LogP) is 1.78. The summed E-state index contributed by atoms with van der Waals surface area (Å²) in [5, 5.41) is 7.32. The number of carbonyl (C=O) groups excluding carboxylic acids is 3. The Bertz CT molecular complexity index is 730. The topological polar surface area (TPSA) is 96.5 Å². The predicted molar refractivity (Wildman–Crippen MR) is 94.3 cm³/mol. The highest BCUT2D eigenvalue weighted by molar-refractivity contribution is 6.39. The second-order valence-electron chi connectivity index (χ2n) is 5.01. The average molecular weight is 341 g/mol. The fourth-order valence-electron chi connectivity index (χ4n) is 1.96. The summed E-state index contributed by atoms with van der Waals surface area (Å²) in [6.07, 6.45) is 0. The van der Waals surface area contributed by atoms with Gasteiger partial charge in [-0.05, 0) is 43.3 Å². The molecule has 7 heteroatoms. The summed E-state index contributed by atoms with van der Waals surface area (Å²) in [4.78, 5) is 35.3. The third-order valence-electron chi connectivity index (χ3n) is 3.10. The number of anilines is 2. The van der Waals surface area contributed by atoms with Crippen molar-refractivity contribution in [2.24, 2.45) is 0 Å². The van der Waals surface area contributed by atoms with Gasteiger partial charge in [0.15, 0.2) is 0 Å². The van der Waals surface area contributed by atoms with Gasteiger partial charge in [-0.3, -0.25) is 14.4 Å². The van der Waals surface area contributed by atoms with Crippen molar-refractivity contribution in [2.45, 2.75) is 6.92 Å². The number of benzene rings is 2. The lowest BCUT2D eigenvalue weighted by Gasteiger charge is -2.08. The molecule has 7 nitrogen and oxygen atoms in total. The number of nitrogens with one attached hydrogen (secondary N) is 3. The van der Waals surface area contributed by atoms with E-state index in [0.717, 1.165) is 0 Å². The fourth-order valence-corrected chi connectivity index (χ4v) is 1.96. The third kappa shape index (κ3) is 5.98. The number of para-hydroxylation sites is 1. The first-order valence-corrected chi connectivity index (χ1v) is 7.75. The molecule has 0 heterocycles. The van der Waals surface area contributed by atoms with Crippen LogP contribution in [0.3, 0.4) is 0 Å². The first kappa shape index (κ1) is 18.0. The summed E-state index contributed by atoms with van der Waals surface area (Å²) < 4.78 is 5.29. The highest BCUT2D eigenvalue weighted by atomic mass is 16.5. The maximum absolute atomic E-state index is 11.8. The van der Waals surface area contributed by atoms with E-state index in [4.69, 9.17) is 4.74 Å². The van der Waals surface area contributed by atoms with E-state index in [1.165, 1.54) is 0 Å². The maximum Gasteiger partial charge on any atom is 0.313 e. The number of hydrogen-bond donors (Lipinski definition) is 3. The van der Waals surface area contributed by atoms with Crippen LogP contribution in [-0.4, -0.2) is 30.9 Å². The Kier molecular flexibility index (Phi) is 6.53. The normalized spacial score (nSPS) is 9.80. The number of carbonyl (C=O) groups is 3. The van der Waals surface area contributed by atoms with E-state index in [1.54, 1.807) is 48.5 Å². The number of amides is 3. The highest BCUT2D eigenvalue weighted by Crippen LogP contribution is 2.15. The molecule has 0 fully saturated rings. The lowest BCUT2D eigenvalue weighted by molar-refractivity contribution is -0.136. The van der Waals surface area contributed by atoms with Crippen LogP contribution in [0.15, 0.2) is 54.6 Å². The van der Waals surface area contributed by atoms with Crippen molar-refractivity contribution in [1.82, 2.24) is 5.32 Å². The summed E-state index contributed by atoms with van der Waals surface area (Å²) in [7, 11) is 0. The molecule has 2 aromatic rings. The van der Waals surface area contributed by atoms with E-state index >= 15 is 0 Å². The molecule has 0 aliphatic rings. The van der Waals surface area contributed by atoms with Crippen molar-refractivity contribution in [3.8, 4) is 5.75 Å². The Morgan fingerprint density at radius 3 is 2.12 bits per heavy atom. The largest absolute Gasteiger partial charge is 0.494 e. The van der Waals surface area contributed by atoms with Crippen molar-refractivity contribution in [1.29, 1.82) is 0 Å². The van der Waals surface area contributed by atoms with Crippen molar-refractivity contribution in [2.75, 3.05) is 23.8 Å². The molecule has 130 valence electrons. The van der Waals surface area contributed by atoms with Gasteiger partial charge < -0.3 is 20.7 Å². The second-order valence-corrected chi connectivity index (χ2v) is 5.01. The van der Waals surface area contributed by atoms with Gasteiger partial charge in [-0.25, -0.2) is 0 Å². The minimum atomic E-state index is -0.892. The van der Waals surface area contributed by atoms with Crippen LogP contribution in [0.25, 0.3) is 0 Å². The van der Waals surface area contributed by atoms with Crippen molar-refractivity contribution in [3.63, 3.8) is 0 Å². The highest BCUT2D eigenvalue weighted by Gasteiger charge is 2.15. The summed E-state index contributed by atoms with van der Waals surface area (Å²) in [6.45, 7) is 2.11. The zero-order valence-corrected chi connectivity index (χ0v) is 13.7. The Balaban J connectivity index is 1.78. The van der Waals surface area contributed by atoms with Crippen LogP contribution in [0, 0.1) is 0 Å². The molecule has 0 bridgehead atoms. The summed E-state index contributed by atoms with van der Waals surface area (Å²) >= 11 is 0. The number of ether oxygens (including phenoxy) is 1. The molecule has 0 saturated carbocycles. The molecule has 0 aliphatic heterocycles. The van der Waals surface area contributed by atoms with Crippen LogP contribution in [0.2, 0.25) is 0 Å². The fraction of sp³-hybridized carbons (Fsp3) is 0.167. The molecule has 0 radical (unpaired) electrons. The van der Waals surface area contributed by atoms with Crippen LogP contribution in [0.5, 0.6) is 5.75 Å². The Morgan fingerprint density at radius 2 is 1.48 bits per heavy atom. The van der Waals surface area contributed by atoms with Gasteiger partial charge in [-0.1, -0.05) is 18.2 Å². The van der Waals surface area contributed by atoms with Crippen LogP contribution < -0.4 is 20.7 Å². The van der Waals surface area contributed by atoms with Crippen molar-refractivity contribution >= 4 is 29.1 Å². The number of rotatable bonds is 6. The van der Waals surface area contributed by atoms with Gasteiger partial charge in [0.25, 0.3) is 0 Å². The van der Waals surface area contributed by atoms with Crippen molar-refractivity contribution < 1.29 is 19.1 Å². The molecule has 0 saturated heterocycles. The zero-order chi connectivity index (χ0) is 18.1. The van der Waals surface area contributed by atoms with Gasteiger partial charge in [0.05, 0.1) is 13.2 Å². The standard InChI is InChI=1S/C18H19N3O4/c1-2-25-15-10-8-14(9-11-15)21-18(24)17(23)19-12-16(22)20-13-6-4-3-5-7-13/h3-11H,2,12H2,1H3,(H,19,23)(H,20,22)(H,21,24). The van der Waals surface area contributed by atoms with E-state index in [2.05, 4.69) is 16.0 Å². The van der Waals surface area contributed by atoms with E-state index in [0.29, 0.717) is 23.7 Å². The van der Waals surface area contributed by atoms with Crippen LogP contribution >= 0.6 is 0 Å². The molecular weight excluding hydrogens is 322 g/mol. The van der Waals surface area contributed by atoms with Gasteiger partial charge in [0.2, 0.25) is 5.91 Å². The van der Waals surface area contributed by atoms with Crippen LogP contribution in [0.1, 0.15) is 6.92 Å². The molecule has 25 heavy (non-hydrogen) atoms.